The zero-order valence-electron chi connectivity index (χ0n) is 17.3. The third kappa shape index (κ3) is 3.80. The maximum Gasteiger partial charge on any atom is 0.163 e. The van der Waals surface area contributed by atoms with E-state index in [1.807, 2.05) is 24.4 Å². The maximum atomic E-state index is 10.7. The summed E-state index contributed by atoms with van der Waals surface area (Å²) in [7, 11) is 0. The Kier molecular flexibility index (Phi) is 5.69. The highest BCUT2D eigenvalue weighted by Gasteiger charge is 2.44. The number of rotatable bonds is 5. The first-order valence-corrected chi connectivity index (χ1v) is 11.1. The van der Waals surface area contributed by atoms with Crippen molar-refractivity contribution in [1.29, 1.82) is 0 Å². The number of aromatic nitrogens is 1. The second kappa shape index (κ2) is 8.50. The van der Waals surface area contributed by atoms with Gasteiger partial charge in [-0.25, -0.2) is 0 Å². The molecule has 3 aromatic rings. The maximum absolute atomic E-state index is 10.7. The first-order valence-electron chi connectivity index (χ1n) is 10.7. The van der Waals surface area contributed by atoms with Gasteiger partial charge >= 0.3 is 0 Å². The Hall–Kier alpha value is -2.42. The van der Waals surface area contributed by atoms with E-state index >= 15 is 0 Å². The molecule has 2 heterocycles. The molecule has 4 N–H and O–H groups in total. The van der Waals surface area contributed by atoms with E-state index < -0.39 is 30.6 Å². The molecule has 5 rings (SSSR count). The molecule has 1 saturated carbocycles. The number of oxime groups is 1. The summed E-state index contributed by atoms with van der Waals surface area (Å²) in [5.41, 5.74) is 4.19. The summed E-state index contributed by atoms with van der Waals surface area (Å²) in [5, 5.41) is 44.4. The van der Waals surface area contributed by atoms with Crippen LogP contribution in [0.5, 0.6) is 0 Å². The number of hydrogen-bond donors (Lipinski definition) is 4. The van der Waals surface area contributed by atoms with Gasteiger partial charge in [0.2, 0.25) is 0 Å². The highest BCUT2D eigenvalue weighted by atomic mass is 35.5. The molecular weight excluding hydrogens is 432 g/mol. The Balaban J connectivity index is 1.53. The normalized spacial score (nSPS) is 28.6. The van der Waals surface area contributed by atoms with Crippen LogP contribution in [0.1, 0.15) is 41.7 Å². The smallest absolute Gasteiger partial charge is 0.163 e. The molecule has 1 aliphatic heterocycles. The van der Waals surface area contributed by atoms with Gasteiger partial charge in [-0.2, -0.15) is 0 Å². The van der Waals surface area contributed by atoms with E-state index in [4.69, 9.17) is 21.5 Å². The van der Waals surface area contributed by atoms with Gasteiger partial charge in [0.25, 0.3) is 0 Å². The molecule has 1 aromatic heterocycles. The van der Waals surface area contributed by atoms with Gasteiger partial charge in [0, 0.05) is 11.6 Å². The molecule has 2 aromatic carbocycles. The molecule has 2 fully saturated rings. The molecule has 0 spiro atoms. The minimum atomic E-state index is -1.48. The number of fused-ring (bicyclic) bond motifs is 1. The Morgan fingerprint density at radius 1 is 1.03 bits per heavy atom. The van der Waals surface area contributed by atoms with E-state index in [-0.39, 0.29) is 0 Å². The van der Waals surface area contributed by atoms with E-state index in [9.17, 15) is 15.3 Å². The van der Waals surface area contributed by atoms with Crippen LogP contribution in [0.25, 0.3) is 10.9 Å². The van der Waals surface area contributed by atoms with Gasteiger partial charge in [0.1, 0.15) is 24.4 Å². The molecule has 1 aliphatic carbocycles. The van der Waals surface area contributed by atoms with Crippen molar-refractivity contribution in [2.75, 3.05) is 0 Å². The summed E-state index contributed by atoms with van der Waals surface area (Å²) in [6.07, 6.45) is -0.393. The average molecular weight is 457 g/mol. The molecule has 0 amide bonds. The van der Waals surface area contributed by atoms with Crippen molar-refractivity contribution in [3.05, 3.63) is 70.4 Å². The average Bonchev–Trinajstić information content (AvgIpc) is 3.58. The predicted octanol–water partition coefficient (Wildman–Crippen LogP) is 3.20. The third-order valence-corrected chi connectivity index (χ3v) is 6.74. The number of benzene rings is 2. The molecule has 1 saturated heterocycles. The molecule has 5 atom stereocenters. The first-order chi connectivity index (χ1) is 15.5. The molecular formula is C24H25ClN2O5. The lowest BCUT2D eigenvalue weighted by Gasteiger charge is -2.39. The van der Waals surface area contributed by atoms with E-state index in [2.05, 4.69) is 29.4 Å². The Labute approximate surface area is 190 Å². The summed E-state index contributed by atoms with van der Waals surface area (Å²) in [6.45, 7) is 0. The Bertz CT molecular complexity index is 1140. The van der Waals surface area contributed by atoms with Crippen LogP contribution in [0.15, 0.2) is 53.8 Å². The van der Waals surface area contributed by atoms with Crippen molar-refractivity contribution < 1.29 is 25.3 Å². The van der Waals surface area contributed by atoms with Gasteiger partial charge in [-0.05, 0) is 54.0 Å². The summed E-state index contributed by atoms with van der Waals surface area (Å²) in [5.74, 6) is 0.697. The second-order valence-electron chi connectivity index (χ2n) is 8.62. The minimum absolute atomic E-state index is 0.574. The largest absolute Gasteiger partial charge is 0.411 e. The molecule has 168 valence electrons. The number of halogens is 1. The van der Waals surface area contributed by atoms with Gasteiger partial charge in [0.05, 0.1) is 16.8 Å². The molecule has 0 unspecified atom stereocenters. The fourth-order valence-corrected chi connectivity index (χ4v) is 4.83. The van der Waals surface area contributed by atoms with Crippen LogP contribution in [-0.2, 0) is 11.2 Å². The topological polar surface area (TPSA) is 107 Å². The third-order valence-electron chi connectivity index (χ3n) is 6.42. The molecule has 0 bridgehead atoms. The van der Waals surface area contributed by atoms with Crippen LogP contribution >= 0.6 is 11.6 Å². The van der Waals surface area contributed by atoms with Gasteiger partial charge < -0.3 is 29.8 Å². The lowest BCUT2D eigenvalue weighted by atomic mass is 9.98. The first kappa shape index (κ1) is 21.4. The highest BCUT2D eigenvalue weighted by molar-refractivity contribution is 6.35. The minimum Gasteiger partial charge on any atom is -0.411 e. The van der Waals surface area contributed by atoms with Gasteiger partial charge in [-0.1, -0.05) is 47.1 Å². The summed E-state index contributed by atoms with van der Waals surface area (Å²) in [6, 6.07) is 14.1. The number of ether oxygens (including phenoxy) is 1. The second-order valence-corrected chi connectivity index (χ2v) is 9.02. The number of hydrogen-bond acceptors (Lipinski definition) is 6. The summed E-state index contributed by atoms with van der Waals surface area (Å²) in [4.78, 5) is 0. The van der Waals surface area contributed by atoms with E-state index in [0.717, 1.165) is 28.2 Å². The van der Waals surface area contributed by atoms with E-state index in [1.165, 1.54) is 18.4 Å². The standard InChI is InChI=1S/C24H25ClN2O5/c25-17-2-1-3-18-20(17)16(10-13-4-6-14(7-5-13)15-8-9-15)12-27(18)24-23(30)22(29)21(28)19(32-24)11-26-31/h1-7,11-12,15,19,21-24,28-31H,8-10H2/b26-11+/t19-,21-,22+,23-,24-/m1/s1. The van der Waals surface area contributed by atoms with Crippen LogP contribution in [0.3, 0.4) is 0 Å². The van der Waals surface area contributed by atoms with Crippen LogP contribution in [0.4, 0.5) is 0 Å². The van der Waals surface area contributed by atoms with Gasteiger partial charge in [-0.15, -0.1) is 0 Å². The predicted molar refractivity (Wildman–Crippen MR) is 120 cm³/mol. The number of nitrogens with zero attached hydrogens (tertiary/aromatic N) is 2. The molecule has 32 heavy (non-hydrogen) atoms. The van der Waals surface area contributed by atoms with Gasteiger partial charge in [0.15, 0.2) is 6.23 Å². The van der Waals surface area contributed by atoms with Crippen molar-refractivity contribution in [1.82, 2.24) is 4.57 Å². The van der Waals surface area contributed by atoms with Crippen molar-refractivity contribution >= 4 is 28.7 Å². The summed E-state index contributed by atoms with van der Waals surface area (Å²) < 4.78 is 7.53. The van der Waals surface area contributed by atoms with Crippen LogP contribution in [0, 0.1) is 0 Å². The molecule has 0 radical (unpaired) electrons. The van der Waals surface area contributed by atoms with Gasteiger partial charge in [-0.3, -0.25) is 0 Å². The molecule has 2 aliphatic rings. The van der Waals surface area contributed by atoms with E-state index in [1.54, 1.807) is 4.57 Å². The fourth-order valence-electron chi connectivity index (χ4n) is 4.54. The van der Waals surface area contributed by atoms with Crippen LogP contribution in [0.2, 0.25) is 5.02 Å². The number of aliphatic hydroxyl groups is 3. The monoisotopic (exact) mass is 456 g/mol. The quantitative estimate of drug-likeness (QED) is 0.268. The lowest BCUT2D eigenvalue weighted by Crippen LogP contribution is -2.55. The van der Waals surface area contributed by atoms with Crippen molar-refractivity contribution in [2.24, 2.45) is 5.16 Å². The zero-order chi connectivity index (χ0) is 22.4. The number of aliphatic hydroxyl groups excluding tert-OH is 3. The highest BCUT2D eigenvalue weighted by Crippen LogP contribution is 2.40. The van der Waals surface area contributed by atoms with Crippen LogP contribution in [-0.4, -0.2) is 55.7 Å². The fraction of sp³-hybridized carbons (Fsp3) is 0.375. The summed E-state index contributed by atoms with van der Waals surface area (Å²) >= 11 is 6.56. The van der Waals surface area contributed by atoms with E-state index in [0.29, 0.717) is 17.4 Å². The van der Waals surface area contributed by atoms with Crippen molar-refractivity contribution in [3.8, 4) is 0 Å². The molecule has 8 heteroatoms. The SMILES string of the molecule is O/N=C/[C@H]1O[C@@H](n2cc(Cc3ccc(C4CC4)cc3)c3c(Cl)cccc32)[C@H](O)[C@@H](O)[C@@H]1O. The Morgan fingerprint density at radius 2 is 1.78 bits per heavy atom. The lowest BCUT2D eigenvalue weighted by molar-refractivity contribution is -0.225. The Morgan fingerprint density at radius 3 is 2.47 bits per heavy atom. The van der Waals surface area contributed by atoms with Crippen molar-refractivity contribution in [3.63, 3.8) is 0 Å². The van der Waals surface area contributed by atoms with Crippen molar-refractivity contribution in [2.45, 2.75) is 55.8 Å². The zero-order valence-corrected chi connectivity index (χ0v) is 18.0. The molecule has 7 nitrogen and oxygen atoms in total. The van der Waals surface area contributed by atoms with Crippen LogP contribution < -0.4 is 0 Å².